The van der Waals surface area contributed by atoms with Crippen LogP contribution in [0.4, 0.5) is 0 Å². The van der Waals surface area contributed by atoms with Gasteiger partial charge in [-0.15, -0.1) is 0 Å². The molecule has 3 aromatic rings. The molecule has 150 valence electrons. The number of nitrogens with zero attached hydrogens (tertiary/aromatic N) is 1. The Balaban J connectivity index is 1.77. The van der Waals surface area contributed by atoms with E-state index in [0.717, 1.165) is 16.7 Å². The molecule has 1 aliphatic heterocycles. The van der Waals surface area contributed by atoms with Crippen molar-refractivity contribution in [3.8, 4) is 28.4 Å². The van der Waals surface area contributed by atoms with Crippen LogP contribution in [0.25, 0.3) is 11.1 Å². The second-order valence-electron chi connectivity index (χ2n) is 6.60. The van der Waals surface area contributed by atoms with E-state index in [-0.39, 0.29) is 5.91 Å². The van der Waals surface area contributed by atoms with Crippen molar-refractivity contribution in [2.45, 2.75) is 6.54 Å². The minimum absolute atomic E-state index is 0.111. The number of rotatable bonds is 4. The zero-order chi connectivity index (χ0) is 20.4. The highest BCUT2D eigenvalue weighted by Gasteiger charge is 2.25. The third kappa shape index (κ3) is 3.76. The molecule has 7 heteroatoms. The van der Waals surface area contributed by atoms with E-state index < -0.39 is 0 Å². The van der Waals surface area contributed by atoms with E-state index in [2.05, 4.69) is 0 Å². The van der Waals surface area contributed by atoms with Crippen LogP contribution in [0.1, 0.15) is 15.9 Å². The lowest BCUT2D eigenvalue weighted by molar-refractivity contribution is 0.0732. The highest BCUT2D eigenvalue weighted by molar-refractivity contribution is 6.31. The minimum Gasteiger partial charge on any atom is -0.496 e. The lowest BCUT2D eigenvalue weighted by Gasteiger charge is -2.20. The predicted octanol–water partition coefficient (Wildman–Crippen LogP) is 4.65. The smallest absolute Gasteiger partial charge is 0.257 e. The third-order valence-corrected chi connectivity index (χ3v) is 5.08. The van der Waals surface area contributed by atoms with E-state index in [0.29, 0.717) is 47.5 Å². The number of furan rings is 1. The van der Waals surface area contributed by atoms with E-state index in [1.165, 1.54) is 12.5 Å². The van der Waals surface area contributed by atoms with E-state index in [9.17, 15) is 4.79 Å². The Hall–Kier alpha value is -3.12. The summed E-state index contributed by atoms with van der Waals surface area (Å²) in [6.45, 7) is 1.21. The molecular formula is C22H20ClNO5. The van der Waals surface area contributed by atoms with Gasteiger partial charge in [0, 0.05) is 22.7 Å². The third-order valence-electron chi connectivity index (χ3n) is 4.85. The number of halogens is 1. The highest BCUT2D eigenvalue weighted by Crippen LogP contribution is 2.41. The molecule has 0 atom stereocenters. The van der Waals surface area contributed by atoms with Gasteiger partial charge in [-0.1, -0.05) is 11.6 Å². The summed E-state index contributed by atoms with van der Waals surface area (Å²) in [6.07, 6.45) is 2.94. The van der Waals surface area contributed by atoms with Crippen molar-refractivity contribution in [1.29, 1.82) is 0 Å². The maximum Gasteiger partial charge on any atom is 0.257 e. The van der Waals surface area contributed by atoms with Gasteiger partial charge in [0.15, 0.2) is 11.5 Å². The SMILES string of the molecule is COc1ccc(Cl)cc1-c1cc2c(c(OC)c1)OCCN(C(=O)c1ccoc1)C2. The van der Waals surface area contributed by atoms with Gasteiger partial charge in [-0.3, -0.25) is 4.79 Å². The molecule has 0 N–H and O–H groups in total. The first-order valence-corrected chi connectivity index (χ1v) is 9.47. The molecule has 0 bridgehead atoms. The van der Waals surface area contributed by atoms with E-state index >= 15 is 0 Å². The maximum absolute atomic E-state index is 12.8. The van der Waals surface area contributed by atoms with Gasteiger partial charge in [-0.25, -0.2) is 0 Å². The Morgan fingerprint density at radius 2 is 1.93 bits per heavy atom. The first-order chi connectivity index (χ1) is 14.1. The second-order valence-corrected chi connectivity index (χ2v) is 7.03. The van der Waals surface area contributed by atoms with Crippen molar-refractivity contribution in [3.05, 3.63) is 65.1 Å². The first kappa shape index (κ1) is 19.2. The molecular weight excluding hydrogens is 394 g/mol. The Bertz CT molecular complexity index is 1030. The molecule has 6 nitrogen and oxygen atoms in total. The zero-order valence-corrected chi connectivity index (χ0v) is 16.9. The van der Waals surface area contributed by atoms with Crippen LogP contribution in [0, 0.1) is 0 Å². The molecule has 2 aromatic carbocycles. The molecule has 1 aromatic heterocycles. The normalized spacial score (nSPS) is 13.3. The molecule has 0 saturated heterocycles. The summed E-state index contributed by atoms with van der Waals surface area (Å²) in [5.74, 6) is 1.81. The van der Waals surface area contributed by atoms with Crippen molar-refractivity contribution >= 4 is 17.5 Å². The summed E-state index contributed by atoms with van der Waals surface area (Å²) >= 11 is 6.22. The number of carbonyl (C=O) groups excluding carboxylic acids is 1. The van der Waals surface area contributed by atoms with Crippen LogP contribution in [-0.4, -0.2) is 38.2 Å². The van der Waals surface area contributed by atoms with Crippen LogP contribution in [0.3, 0.4) is 0 Å². The largest absolute Gasteiger partial charge is 0.496 e. The Labute approximate surface area is 173 Å². The molecule has 1 amide bonds. The van der Waals surface area contributed by atoms with Crippen LogP contribution in [0.15, 0.2) is 53.3 Å². The van der Waals surface area contributed by atoms with Gasteiger partial charge in [-0.05, 0) is 42.0 Å². The van der Waals surface area contributed by atoms with Crippen molar-refractivity contribution in [2.24, 2.45) is 0 Å². The van der Waals surface area contributed by atoms with Crippen molar-refractivity contribution in [1.82, 2.24) is 4.90 Å². The molecule has 0 spiro atoms. The average molecular weight is 414 g/mol. The van der Waals surface area contributed by atoms with Gasteiger partial charge in [0.25, 0.3) is 5.91 Å². The monoisotopic (exact) mass is 413 g/mol. The fraction of sp³-hybridized carbons (Fsp3) is 0.227. The van der Waals surface area contributed by atoms with Gasteiger partial charge >= 0.3 is 0 Å². The van der Waals surface area contributed by atoms with E-state index in [1.54, 1.807) is 31.3 Å². The predicted molar refractivity (Wildman–Crippen MR) is 109 cm³/mol. The summed E-state index contributed by atoms with van der Waals surface area (Å²) < 4.78 is 22.1. The number of benzene rings is 2. The summed E-state index contributed by atoms with van der Waals surface area (Å²) in [7, 11) is 3.21. The molecule has 0 saturated carbocycles. The van der Waals surface area contributed by atoms with Crippen LogP contribution >= 0.6 is 11.6 Å². The topological polar surface area (TPSA) is 61.1 Å². The van der Waals surface area contributed by atoms with Crippen LogP contribution < -0.4 is 14.2 Å². The Morgan fingerprint density at radius 3 is 2.66 bits per heavy atom. The summed E-state index contributed by atoms with van der Waals surface area (Å²) in [4.78, 5) is 14.6. The quantitative estimate of drug-likeness (QED) is 0.623. The number of hydrogen-bond acceptors (Lipinski definition) is 5. The Kier molecular flexibility index (Phi) is 5.36. The molecule has 0 radical (unpaired) electrons. The Morgan fingerprint density at radius 1 is 1.10 bits per heavy atom. The van der Waals surface area contributed by atoms with Crippen LogP contribution in [0.2, 0.25) is 5.02 Å². The number of hydrogen-bond donors (Lipinski definition) is 0. The van der Waals surface area contributed by atoms with Crippen molar-refractivity contribution < 1.29 is 23.4 Å². The standard InChI is InChI=1S/C22H20ClNO5/c1-26-19-4-3-17(23)11-18(19)15-9-16-12-24(22(25)14-5-7-28-13-14)6-8-29-21(16)20(10-15)27-2/h3-5,7,9-11,13H,6,8,12H2,1-2H3. The number of amides is 1. The molecule has 1 aliphatic rings. The summed E-state index contributed by atoms with van der Waals surface area (Å²) in [5.41, 5.74) is 3.04. The number of ether oxygens (including phenoxy) is 3. The van der Waals surface area contributed by atoms with Gasteiger partial charge in [0.1, 0.15) is 18.6 Å². The minimum atomic E-state index is -0.111. The molecule has 0 unspecified atom stereocenters. The summed E-state index contributed by atoms with van der Waals surface area (Å²) in [6, 6.07) is 11.0. The van der Waals surface area contributed by atoms with Gasteiger partial charge in [0.05, 0.1) is 32.6 Å². The van der Waals surface area contributed by atoms with Crippen LogP contribution in [0.5, 0.6) is 17.2 Å². The molecule has 4 rings (SSSR count). The lowest BCUT2D eigenvalue weighted by Crippen LogP contribution is -2.32. The molecule has 0 aliphatic carbocycles. The van der Waals surface area contributed by atoms with Crippen molar-refractivity contribution in [2.75, 3.05) is 27.4 Å². The number of carbonyl (C=O) groups is 1. The van der Waals surface area contributed by atoms with E-state index in [4.69, 9.17) is 30.2 Å². The van der Waals surface area contributed by atoms with Gasteiger partial charge in [0.2, 0.25) is 0 Å². The van der Waals surface area contributed by atoms with E-state index in [1.807, 2.05) is 24.3 Å². The molecule has 2 heterocycles. The molecule has 29 heavy (non-hydrogen) atoms. The lowest BCUT2D eigenvalue weighted by atomic mass is 10.00. The highest BCUT2D eigenvalue weighted by atomic mass is 35.5. The number of methoxy groups -OCH3 is 2. The second kappa shape index (κ2) is 8.09. The van der Waals surface area contributed by atoms with Gasteiger partial charge < -0.3 is 23.5 Å². The first-order valence-electron chi connectivity index (χ1n) is 9.10. The summed E-state index contributed by atoms with van der Waals surface area (Å²) in [5, 5.41) is 0.600. The van der Waals surface area contributed by atoms with Gasteiger partial charge in [-0.2, -0.15) is 0 Å². The fourth-order valence-corrected chi connectivity index (χ4v) is 3.61. The van der Waals surface area contributed by atoms with Crippen LogP contribution in [-0.2, 0) is 6.54 Å². The fourth-order valence-electron chi connectivity index (χ4n) is 3.44. The zero-order valence-electron chi connectivity index (χ0n) is 16.1. The maximum atomic E-state index is 12.8. The molecule has 0 fully saturated rings. The van der Waals surface area contributed by atoms with Crippen molar-refractivity contribution in [3.63, 3.8) is 0 Å². The average Bonchev–Trinajstić information content (AvgIpc) is 3.19. The number of fused-ring (bicyclic) bond motifs is 1.